The zero-order valence-electron chi connectivity index (χ0n) is 19.7. The molecule has 3 heterocycles. The Balaban J connectivity index is 1.24. The molecular weight excluding hydrogens is 463 g/mol. The summed E-state index contributed by atoms with van der Waals surface area (Å²) in [5.74, 6) is -2.06. The lowest BCUT2D eigenvalue weighted by Gasteiger charge is -2.24. The fourth-order valence-corrected chi connectivity index (χ4v) is 4.54. The Bertz CT molecular complexity index is 1380. The maximum absolute atomic E-state index is 14.6. The van der Waals surface area contributed by atoms with E-state index in [-0.39, 0.29) is 36.6 Å². The first-order valence-corrected chi connectivity index (χ1v) is 11.8. The minimum absolute atomic E-state index is 0.0807. The number of likely N-dealkylation sites (N-methyl/N-ethyl adjacent to an activating group) is 1. The molecule has 9 nitrogen and oxygen atoms in total. The molecule has 3 aromatic rings. The monoisotopic (exact) mass is 488 g/mol. The lowest BCUT2D eigenvalue weighted by molar-refractivity contribution is -0.131. The second-order valence-corrected chi connectivity index (χ2v) is 9.39. The van der Waals surface area contributed by atoms with Crippen molar-refractivity contribution < 1.29 is 18.8 Å². The second kappa shape index (κ2) is 9.41. The van der Waals surface area contributed by atoms with Crippen LogP contribution in [0.4, 0.5) is 10.1 Å². The maximum atomic E-state index is 14.6. The van der Waals surface area contributed by atoms with E-state index in [1.807, 2.05) is 6.07 Å². The van der Waals surface area contributed by atoms with Gasteiger partial charge in [0.2, 0.25) is 11.8 Å². The highest BCUT2D eigenvalue weighted by atomic mass is 19.1. The summed E-state index contributed by atoms with van der Waals surface area (Å²) in [6.45, 7) is -0.224. The number of hydrogen-bond donors (Lipinski definition) is 1. The number of nitrogens with zero attached hydrogens (tertiary/aromatic N) is 5. The lowest BCUT2D eigenvalue weighted by Crippen LogP contribution is -2.43. The van der Waals surface area contributed by atoms with Gasteiger partial charge in [0.05, 0.1) is 29.8 Å². The van der Waals surface area contributed by atoms with Crippen molar-refractivity contribution in [2.45, 2.75) is 31.2 Å². The number of hydrogen-bond acceptors (Lipinski definition) is 5. The van der Waals surface area contributed by atoms with Gasteiger partial charge in [-0.1, -0.05) is 18.2 Å². The van der Waals surface area contributed by atoms with Gasteiger partial charge in [0.15, 0.2) is 11.5 Å². The van der Waals surface area contributed by atoms with Crippen molar-refractivity contribution in [2.75, 3.05) is 25.5 Å². The third-order valence-corrected chi connectivity index (χ3v) is 6.67. The van der Waals surface area contributed by atoms with Crippen LogP contribution in [0.3, 0.4) is 0 Å². The molecule has 1 aliphatic carbocycles. The van der Waals surface area contributed by atoms with Crippen LogP contribution in [0.5, 0.6) is 0 Å². The van der Waals surface area contributed by atoms with Crippen LogP contribution >= 0.6 is 0 Å². The summed E-state index contributed by atoms with van der Waals surface area (Å²) in [7, 11) is 1.45. The molecule has 2 unspecified atom stereocenters. The van der Waals surface area contributed by atoms with E-state index < -0.39 is 29.6 Å². The number of nitrogens with one attached hydrogen (secondary N) is 1. The zero-order valence-corrected chi connectivity index (χ0v) is 19.7. The van der Waals surface area contributed by atoms with Crippen molar-refractivity contribution in [3.05, 3.63) is 65.9 Å². The Morgan fingerprint density at radius 3 is 2.67 bits per heavy atom. The molecule has 0 bridgehead atoms. The standard InChI is InChI=1S/C26H25FN6O3/c1-31(26(36)18-10-21(27)24-30-22(16-7-8-16)14-32(24)12-18)15-23(34)33-13-17(9-20(33)11-28)25(35)29-19-5-3-2-4-6-19/h2-6,10,12,14,16-17,20H,7-9,13,15H2,1H3,(H,29,35). The van der Waals surface area contributed by atoms with Crippen LogP contribution in [0.15, 0.2) is 48.8 Å². The van der Waals surface area contributed by atoms with Gasteiger partial charge < -0.3 is 19.5 Å². The SMILES string of the molecule is CN(CC(=O)N1CC(C(=O)Nc2ccccc2)CC1C#N)C(=O)c1cc(F)c2nc(C3CC3)cn2c1. The minimum Gasteiger partial charge on any atom is -0.332 e. The summed E-state index contributed by atoms with van der Waals surface area (Å²) in [5, 5.41) is 12.4. The van der Waals surface area contributed by atoms with Gasteiger partial charge in [0, 0.05) is 37.6 Å². The number of halogens is 1. The summed E-state index contributed by atoms with van der Waals surface area (Å²) in [4.78, 5) is 45.5. The molecule has 10 heteroatoms. The van der Waals surface area contributed by atoms with E-state index in [4.69, 9.17) is 0 Å². The summed E-state index contributed by atoms with van der Waals surface area (Å²) in [6, 6.07) is 11.4. The number of benzene rings is 1. The molecule has 3 amide bonds. The van der Waals surface area contributed by atoms with E-state index >= 15 is 0 Å². The number of nitriles is 1. The van der Waals surface area contributed by atoms with Crippen LogP contribution in [0.2, 0.25) is 0 Å². The number of anilines is 1. The molecule has 2 aromatic heterocycles. The quantitative estimate of drug-likeness (QED) is 0.574. The van der Waals surface area contributed by atoms with Crippen molar-refractivity contribution in [2.24, 2.45) is 5.92 Å². The van der Waals surface area contributed by atoms with Crippen molar-refractivity contribution in [3.63, 3.8) is 0 Å². The zero-order chi connectivity index (χ0) is 25.4. The predicted octanol–water partition coefficient (Wildman–Crippen LogP) is 2.80. The van der Waals surface area contributed by atoms with Gasteiger partial charge >= 0.3 is 0 Å². The van der Waals surface area contributed by atoms with Crippen molar-refractivity contribution in [1.82, 2.24) is 19.2 Å². The fourth-order valence-electron chi connectivity index (χ4n) is 4.54. The number of imidazole rings is 1. The molecule has 2 fully saturated rings. The average Bonchev–Trinajstić information content (AvgIpc) is 3.47. The molecule has 0 radical (unpaired) electrons. The van der Waals surface area contributed by atoms with Crippen LogP contribution in [0.25, 0.3) is 5.65 Å². The van der Waals surface area contributed by atoms with Crippen LogP contribution in [0, 0.1) is 23.1 Å². The first kappa shape index (κ1) is 23.5. The number of carbonyl (C=O) groups is 3. The van der Waals surface area contributed by atoms with Crippen molar-refractivity contribution in [3.8, 4) is 6.07 Å². The molecular formula is C26H25FN6O3. The van der Waals surface area contributed by atoms with Crippen LogP contribution in [-0.4, -0.2) is 63.1 Å². The Morgan fingerprint density at radius 2 is 1.97 bits per heavy atom. The Kier molecular flexibility index (Phi) is 6.14. The number of rotatable bonds is 6. The molecule has 0 spiro atoms. The van der Waals surface area contributed by atoms with Gasteiger partial charge in [-0.3, -0.25) is 14.4 Å². The highest BCUT2D eigenvalue weighted by Crippen LogP contribution is 2.39. The summed E-state index contributed by atoms with van der Waals surface area (Å²) < 4.78 is 16.2. The summed E-state index contributed by atoms with van der Waals surface area (Å²) >= 11 is 0. The van der Waals surface area contributed by atoms with E-state index in [9.17, 15) is 24.0 Å². The number of aromatic nitrogens is 2. The lowest BCUT2D eigenvalue weighted by atomic mass is 10.1. The van der Waals surface area contributed by atoms with Gasteiger partial charge in [-0.15, -0.1) is 0 Å². The number of amides is 3. The van der Waals surface area contributed by atoms with Gasteiger partial charge in [-0.05, 0) is 37.5 Å². The highest BCUT2D eigenvalue weighted by molar-refractivity contribution is 5.97. The van der Waals surface area contributed by atoms with E-state index in [2.05, 4.69) is 16.4 Å². The van der Waals surface area contributed by atoms with Crippen LogP contribution < -0.4 is 5.32 Å². The molecule has 1 aliphatic heterocycles. The molecule has 1 saturated carbocycles. The second-order valence-electron chi connectivity index (χ2n) is 9.39. The summed E-state index contributed by atoms with van der Waals surface area (Å²) in [6.07, 6.45) is 5.51. The predicted molar refractivity (Wildman–Crippen MR) is 128 cm³/mol. The van der Waals surface area contributed by atoms with Gasteiger partial charge in [0.25, 0.3) is 5.91 Å². The van der Waals surface area contributed by atoms with E-state index in [0.717, 1.165) is 24.6 Å². The number of pyridine rings is 1. The Hall–Kier alpha value is -4.26. The third-order valence-electron chi connectivity index (χ3n) is 6.67. The number of para-hydroxylation sites is 1. The fraction of sp³-hybridized carbons (Fsp3) is 0.346. The normalized spacial score (nSPS) is 19.2. The Morgan fingerprint density at radius 1 is 1.22 bits per heavy atom. The van der Waals surface area contributed by atoms with Crippen LogP contribution in [-0.2, 0) is 9.59 Å². The van der Waals surface area contributed by atoms with Crippen molar-refractivity contribution >= 4 is 29.1 Å². The molecule has 1 N–H and O–H groups in total. The average molecular weight is 489 g/mol. The smallest absolute Gasteiger partial charge is 0.255 e. The number of fused-ring (bicyclic) bond motifs is 1. The third kappa shape index (κ3) is 4.64. The first-order valence-electron chi connectivity index (χ1n) is 11.8. The van der Waals surface area contributed by atoms with Gasteiger partial charge in [-0.2, -0.15) is 5.26 Å². The van der Waals surface area contributed by atoms with E-state index in [1.54, 1.807) is 30.5 Å². The largest absolute Gasteiger partial charge is 0.332 e. The molecule has 5 rings (SSSR count). The molecule has 36 heavy (non-hydrogen) atoms. The molecule has 184 valence electrons. The highest BCUT2D eigenvalue weighted by Gasteiger charge is 2.39. The van der Waals surface area contributed by atoms with Crippen LogP contribution in [0.1, 0.15) is 41.2 Å². The van der Waals surface area contributed by atoms with Gasteiger partial charge in [0.1, 0.15) is 6.04 Å². The molecule has 2 aliphatic rings. The summed E-state index contributed by atoms with van der Waals surface area (Å²) in [5.41, 5.74) is 1.70. The van der Waals surface area contributed by atoms with E-state index in [1.165, 1.54) is 27.4 Å². The van der Waals surface area contributed by atoms with Gasteiger partial charge in [-0.25, -0.2) is 9.37 Å². The topological polar surface area (TPSA) is 111 Å². The van der Waals surface area contributed by atoms with E-state index in [0.29, 0.717) is 11.6 Å². The number of carbonyl (C=O) groups excluding carboxylic acids is 3. The Labute approximate surface area is 207 Å². The maximum Gasteiger partial charge on any atom is 0.255 e. The van der Waals surface area contributed by atoms with Crippen molar-refractivity contribution in [1.29, 1.82) is 5.26 Å². The molecule has 1 aromatic carbocycles. The molecule has 2 atom stereocenters. The minimum atomic E-state index is -0.770. The molecule has 1 saturated heterocycles. The number of likely N-dealkylation sites (tertiary alicyclic amines) is 1. The first-order chi connectivity index (χ1) is 17.3.